The quantitative estimate of drug-likeness (QED) is 0.689. The van der Waals surface area contributed by atoms with Crippen LogP contribution in [0.4, 0.5) is 0 Å². The van der Waals surface area contributed by atoms with Crippen molar-refractivity contribution < 1.29 is 9.90 Å². The second-order valence-electron chi connectivity index (χ2n) is 5.68. The number of nitrogens with zero attached hydrogens (tertiary/aromatic N) is 2. The van der Waals surface area contributed by atoms with Crippen molar-refractivity contribution in [3.8, 4) is 17.0 Å². The summed E-state index contributed by atoms with van der Waals surface area (Å²) in [5.74, 6) is -0.0995. The Balaban J connectivity index is 1.77. The minimum atomic E-state index is -0.255. The minimum Gasteiger partial charge on any atom is -0.507 e. The van der Waals surface area contributed by atoms with Gasteiger partial charge in [0.05, 0.1) is 5.69 Å². The summed E-state index contributed by atoms with van der Waals surface area (Å²) in [6.45, 7) is 4.23. The van der Waals surface area contributed by atoms with Crippen LogP contribution in [-0.4, -0.2) is 26.2 Å². The van der Waals surface area contributed by atoms with Crippen LogP contribution >= 0.6 is 0 Å². The molecule has 0 aliphatic rings. The molecule has 0 radical (unpaired) electrons. The second-order valence-corrected chi connectivity index (χ2v) is 5.68. The number of aromatic amines is 1. The molecule has 6 heteroatoms. The van der Waals surface area contributed by atoms with Crippen LogP contribution in [0.3, 0.4) is 0 Å². The van der Waals surface area contributed by atoms with Crippen molar-refractivity contribution in [2.45, 2.75) is 20.4 Å². The van der Waals surface area contributed by atoms with Crippen LogP contribution in [0.25, 0.3) is 11.3 Å². The molecular formula is C18H18N4O2. The number of hydrogen-bond acceptors (Lipinski definition) is 4. The third-order valence-electron chi connectivity index (χ3n) is 3.74. The highest BCUT2D eigenvalue weighted by Gasteiger charge is 2.15. The van der Waals surface area contributed by atoms with Crippen molar-refractivity contribution in [3.05, 3.63) is 65.1 Å². The van der Waals surface area contributed by atoms with Gasteiger partial charge in [-0.15, -0.1) is 0 Å². The first-order valence-electron chi connectivity index (χ1n) is 7.57. The molecule has 2 heterocycles. The summed E-state index contributed by atoms with van der Waals surface area (Å²) in [6.07, 6.45) is 3.36. The maximum absolute atomic E-state index is 12.2. The van der Waals surface area contributed by atoms with Gasteiger partial charge in [0.25, 0.3) is 5.91 Å². The number of hydrogen-bond donors (Lipinski definition) is 3. The lowest BCUT2D eigenvalue weighted by Gasteiger charge is -2.07. The smallest absolute Gasteiger partial charge is 0.269 e. The molecule has 122 valence electrons. The Morgan fingerprint density at radius 2 is 1.96 bits per heavy atom. The second kappa shape index (κ2) is 6.54. The Morgan fingerprint density at radius 3 is 2.67 bits per heavy atom. The van der Waals surface area contributed by atoms with Gasteiger partial charge in [0, 0.05) is 24.5 Å². The number of amides is 1. The van der Waals surface area contributed by atoms with Crippen molar-refractivity contribution in [1.82, 2.24) is 20.5 Å². The van der Waals surface area contributed by atoms with Crippen LogP contribution in [0.5, 0.6) is 5.75 Å². The van der Waals surface area contributed by atoms with E-state index in [0.29, 0.717) is 23.5 Å². The number of phenolic OH excluding ortho intramolecular Hbond substituents is 1. The summed E-state index contributed by atoms with van der Waals surface area (Å²) in [5.41, 5.74) is 4.36. The number of aryl methyl sites for hydroxylation is 2. The fourth-order valence-electron chi connectivity index (χ4n) is 2.62. The predicted octanol–water partition coefficient (Wildman–Crippen LogP) is 2.72. The highest BCUT2D eigenvalue weighted by molar-refractivity contribution is 5.93. The van der Waals surface area contributed by atoms with Crippen LogP contribution in [0.1, 0.15) is 27.2 Å². The number of H-pyrrole nitrogens is 1. The van der Waals surface area contributed by atoms with Crippen LogP contribution in [0, 0.1) is 13.8 Å². The van der Waals surface area contributed by atoms with Crippen molar-refractivity contribution in [1.29, 1.82) is 0 Å². The first-order valence-corrected chi connectivity index (χ1v) is 7.57. The van der Waals surface area contributed by atoms with Crippen LogP contribution in [-0.2, 0) is 6.54 Å². The van der Waals surface area contributed by atoms with Gasteiger partial charge >= 0.3 is 0 Å². The lowest BCUT2D eigenvalue weighted by atomic mass is 10.0. The summed E-state index contributed by atoms with van der Waals surface area (Å²) in [6, 6.07) is 8.96. The number of carbonyl (C=O) groups excluding carboxylic acids is 1. The third kappa shape index (κ3) is 3.27. The lowest BCUT2D eigenvalue weighted by molar-refractivity contribution is 0.0946. The summed E-state index contributed by atoms with van der Waals surface area (Å²) in [7, 11) is 0. The molecule has 0 aliphatic carbocycles. The maximum atomic E-state index is 12.2. The molecule has 0 atom stereocenters. The Labute approximate surface area is 139 Å². The number of carbonyl (C=O) groups is 1. The highest BCUT2D eigenvalue weighted by Crippen LogP contribution is 2.32. The van der Waals surface area contributed by atoms with E-state index in [9.17, 15) is 9.90 Å². The zero-order valence-corrected chi connectivity index (χ0v) is 13.5. The Hall–Kier alpha value is -3.15. The van der Waals surface area contributed by atoms with E-state index in [-0.39, 0.29) is 11.7 Å². The monoisotopic (exact) mass is 322 g/mol. The molecule has 1 aromatic carbocycles. The zero-order chi connectivity index (χ0) is 17.1. The molecule has 0 unspecified atom stereocenters. The lowest BCUT2D eigenvalue weighted by Crippen LogP contribution is -2.23. The van der Waals surface area contributed by atoms with Crippen molar-refractivity contribution in [2.24, 2.45) is 0 Å². The minimum absolute atomic E-state index is 0.155. The Kier molecular flexibility index (Phi) is 4.29. The fraction of sp³-hybridized carbons (Fsp3) is 0.167. The average molecular weight is 322 g/mol. The molecule has 0 bridgehead atoms. The van der Waals surface area contributed by atoms with E-state index in [1.165, 1.54) is 0 Å². The van der Waals surface area contributed by atoms with Crippen LogP contribution in [0.15, 0.2) is 42.7 Å². The molecule has 0 saturated carbocycles. The number of pyridine rings is 1. The average Bonchev–Trinajstić information content (AvgIpc) is 3.02. The van der Waals surface area contributed by atoms with Gasteiger partial charge in [-0.3, -0.25) is 14.9 Å². The number of aromatic hydroxyl groups is 1. The van der Waals surface area contributed by atoms with Crippen LogP contribution < -0.4 is 5.32 Å². The molecule has 0 saturated heterocycles. The molecule has 2 aromatic heterocycles. The number of rotatable bonds is 4. The topological polar surface area (TPSA) is 90.9 Å². The van der Waals surface area contributed by atoms with E-state index in [2.05, 4.69) is 20.5 Å². The molecule has 3 rings (SSSR count). The zero-order valence-electron chi connectivity index (χ0n) is 13.5. The summed E-state index contributed by atoms with van der Waals surface area (Å²) < 4.78 is 0. The van der Waals surface area contributed by atoms with Gasteiger partial charge in [-0.05, 0) is 54.8 Å². The molecular weight excluding hydrogens is 304 g/mol. The summed E-state index contributed by atoms with van der Waals surface area (Å²) >= 11 is 0. The Bertz CT molecular complexity index is 849. The van der Waals surface area contributed by atoms with E-state index in [1.807, 2.05) is 32.0 Å². The SMILES string of the molecule is Cc1cc(C)c(-c2cc(C(=O)NCc3ccncc3)[nH]n2)c(O)c1. The van der Waals surface area contributed by atoms with E-state index in [1.54, 1.807) is 24.5 Å². The van der Waals surface area contributed by atoms with Gasteiger partial charge in [0.2, 0.25) is 0 Å². The molecule has 0 fully saturated rings. The first-order chi connectivity index (χ1) is 11.5. The molecule has 6 nitrogen and oxygen atoms in total. The maximum Gasteiger partial charge on any atom is 0.269 e. The van der Waals surface area contributed by atoms with E-state index in [4.69, 9.17) is 0 Å². The predicted molar refractivity (Wildman–Crippen MR) is 90.6 cm³/mol. The number of aromatic nitrogens is 3. The normalized spacial score (nSPS) is 10.6. The standard InChI is InChI=1S/C18H18N4O2/c1-11-7-12(2)17(16(23)8-11)14-9-15(22-21-14)18(24)20-10-13-3-5-19-6-4-13/h3-9,23H,10H2,1-2H3,(H,20,24)(H,21,22). The largest absolute Gasteiger partial charge is 0.507 e. The molecule has 3 N–H and O–H groups in total. The van der Waals surface area contributed by atoms with Gasteiger partial charge < -0.3 is 10.4 Å². The Morgan fingerprint density at radius 1 is 1.21 bits per heavy atom. The molecule has 0 aliphatic heterocycles. The van der Waals surface area contributed by atoms with Gasteiger partial charge in [-0.1, -0.05) is 6.07 Å². The van der Waals surface area contributed by atoms with Gasteiger partial charge in [-0.2, -0.15) is 5.10 Å². The number of benzene rings is 1. The van der Waals surface area contributed by atoms with E-state index >= 15 is 0 Å². The number of nitrogens with one attached hydrogen (secondary N) is 2. The van der Waals surface area contributed by atoms with Crippen LogP contribution in [0.2, 0.25) is 0 Å². The van der Waals surface area contributed by atoms with Crippen molar-refractivity contribution in [2.75, 3.05) is 0 Å². The third-order valence-corrected chi connectivity index (χ3v) is 3.74. The molecule has 1 amide bonds. The van der Waals surface area contributed by atoms with E-state index in [0.717, 1.165) is 16.7 Å². The van der Waals surface area contributed by atoms with Gasteiger partial charge in [0.15, 0.2) is 0 Å². The van der Waals surface area contributed by atoms with Crippen molar-refractivity contribution >= 4 is 5.91 Å². The fourth-order valence-corrected chi connectivity index (χ4v) is 2.62. The highest BCUT2D eigenvalue weighted by atomic mass is 16.3. The van der Waals surface area contributed by atoms with Gasteiger partial charge in [0.1, 0.15) is 11.4 Å². The molecule has 3 aromatic rings. The van der Waals surface area contributed by atoms with E-state index < -0.39 is 0 Å². The first kappa shape index (κ1) is 15.7. The number of phenols is 1. The summed E-state index contributed by atoms with van der Waals surface area (Å²) in [5, 5.41) is 19.9. The van der Waals surface area contributed by atoms with Gasteiger partial charge in [-0.25, -0.2) is 0 Å². The molecule has 24 heavy (non-hydrogen) atoms. The molecule has 0 spiro atoms. The summed E-state index contributed by atoms with van der Waals surface area (Å²) in [4.78, 5) is 16.2. The van der Waals surface area contributed by atoms with Crippen molar-refractivity contribution in [3.63, 3.8) is 0 Å².